The van der Waals surface area contributed by atoms with Crippen LogP contribution in [0.4, 0.5) is 0 Å². The van der Waals surface area contributed by atoms with Crippen molar-refractivity contribution in [3.8, 4) is 5.75 Å². The molecule has 60 valence electrons. The van der Waals surface area contributed by atoms with Gasteiger partial charge in [0.15, 0.2) is 5.75 Å². The molecule has 0 amide bonds. The predicted molar refractivity (Wildman–Crippen MR) is 49.8 cm³/mol. The van der Waals surface area contributed by atoms with Crippen molar-refractivity contribution in [2.24, 2.45) is 0 Å². The fourth-order valence-corrected chi connectivity index (χ4v) is 1.86. The highest BCUT2D eigenvalue weighted by molar-refractivity contribution is 7.16. The molecule has 1 heterocycles. The lowest BCUT2D eigenvalue weighted by molar-refractivity contribution is 0.473. The lowest BCUT2D eigenvalue weighted by Crippen LogP contribution is -1.97. The first-order valence-electron chi connectivity index (χ1n) is 3.48. The average molecular weight is 178 g/mol. The molecule has 2 aromatic rings. The Morgan fingerprint density at radius 1 is 1.25 bits per heavy atom. The Kier molecular flexibility index (Phi) is 1.59. The molecule has 0 saturated heterocycles. The largest absolute Gasteiger partial charge is 0.504 e. The maximum absolute atomic E-state index is 11.3. The summed E-state index contributed by atoms with van der Waals surface area (Å²) >= 11 is 1.37. The molecule has 0 saturated carbocycles. The smallest absolute Gasteiger partial charge is 0.229 e. The molecule has 3 heteroatoms. The summed E-state index contributed by atoms with van der Waals surface area (Å²) in [5, 5.41) is 11.2. The molecule has 0 aliphatic heterocycles. The maximum atomic E-state index is 11.3. The second-order valence-electron chi connectivity index (χ2n) is 2.45. The van der Waals surface area contributed by atoms with Crippen LogP contribution in [0.3, 0.4) is 0 Å². The molecule has 0 aliphatic carbocycles. The van der Waals surface area contributed by atoms with Crippen molar-refractivity contribution in [1.82, 2.24) is 0 Å². The van der Waals surface area contributed by atoms with Gasteiger partial charge in [-0.2, -0.15) is 0 Å². The van der Waals surface area contributed by atoms with Crippen LogP contribution in [0.25, 0.3) is 10.1 Å². The van der Waals surface area contributed by atoms with Crippen molar-refractivity contribution in [2.45, 2.75) is 0 Å². The van der Waals surface area contributed by atoms with E-state index in [0.29, 0.717) is 5.39 Å². The summed E-state index contributed by atoms with van der Waals surface area (Å²) in [6.45, 7) is 0. The number of aromatic hydroxyl groups is 1. The van der Waals surface area contributed by atoms with Gasteiger partial charge in [-0.25, -0.2) is 0 Å². The zero-order valence-corrected chi connectivity index (χ0v) is 6.97. The van der Waals surface area contributed by atoms with Gasteiger partial charge in [0.05, 0.1) is 0 Å². The van der Waals surface area contributed by atoms with Gasteiger partial charge in [0.1, 0.15) is 0 Å². The lowest BCUT2D eigenvalue weighted by Gasteiger charge is -1.94. The van der Waals surface area contributed by atoms with Crippen molar-refractivity contribution in [2.75, 3.05) is 0 Å². The van der Waals surface area contributed by atoms with Crippen LogP contribution >= 0.6 is 11.3 Å². The van der Waals surface area contributed by atoms with Crippen LogP contribution in [0.1, 0.15) is 0 Å². The third kappa shape index (κ3) is 0.987. The Morgan fingerprint density at radius 2 is 2.00 bits per heavy atom. The Labute approximate surface area is 72.7 Å². The van der Waals surface area contributed by atoms with E-state index in [4.69, 9.17) is 5.11 Å². The van der Waals surface area contributed by atoms with Crippen LogP contribution < -0.4 is 5.43 Å². The summed E-state index contributed by atoms with van der Waals surface area (Å²) in [5.74, 6) is -0.168. The fourth-order valence-electron chi connectivity index (χ4n) is 1.07. The van der Waals surface area contributed by atoms with E-state index < -0.39 is 0 Å². The van der Waals surface area contributed by atoms with Gasteiger partial charge in [-0.3, -0.25) is 4.79 Å². The van der Waals surface area contributed by atoms with E-state index in [9.17, 15) is 4.79 Å². The summed E-state index contributed by atoms with van der Waals surface area (Å²) in [5.41, 5.74) is -0.288. The number of benzene rings is 1. The van der Waals surface area contributed by atoms with Crippen LogP contribution in [0, 0.1) is 0 Å². The second-order valence-corrected chi connectivity index (χ2v) is 3.36. The molecular formula is C9H6O2S. The highest BCUT2D eigenvalue weighted by Gasteiger charge is 2.01. The van der Waals surface area contributed by atoms with Crippen molar-refractivity contribution < 1.29 is 5.11 Å². The zero-order chi connectivity index (χ0) is 8.55. The summed E-state index contributed by atoms with van der Waals surface area (Å²) in [7, 11) is 0. The van der Waals surface area contributed by atoms with Gasteiger partial charge in [0.2, 0.25) is 5.43 Å². The van der Waals surface area contributed by atoms with Crippen molar-refractivity contribution in [3.63, 3.8) is 0 Å². The highest BCUT2D eigenvalue weighted by atomic mass is 32.1. The molecule has 0 radical (unpaired) electrons. The first-order chi connectivity index (χ1) is 5.79. The lowest BCUT2D eigenvalue weighted by atomic mass is 10.2. The molecule has 0 atom stereocenters. The van der Waals surface area contributed by atoms with Gasteiger partial charge in [0.25, 0.3) is 0 Å². The van der Waals surface area contributed by atoms with Gasteiger partial charge < -0.3 is 5.11 Å². The molecule has 1 aromatic heterocycles. The van der Waals surface area contributed by atoms with E-state index in [-0.39, 0.29) is 11.2 Å². The highest BCUT2D eigenvalue weighted by Crippen LogP contribution is 2.18. The summed E-state index contributed by atoms with van der Waals surface area (Å²) in [4.78, 5) is 11.3. The van der Waals surface area contributed by atoms with E-state index in [1.165, 1.54) is 16.7 Å². The Hall–Kier alpha value is -1.35. The van der Waals surface area contributed by atoms with Gasteiger partial charge in [-0.15, -0.1) is 11.3 Å². The molecule has 0 spiro atoms. The van der Waals surface area contributed by atoms with Crippen molar-refractivity contribution in [1.29, 1.82) is 0 Å². The van der Waals surface area contributed by atoms with Crippen LogP contribution in [0.5, 0.6) is 5.75 Å². The van der Waals surface area contributed by atoms with Gasteiger partial charge in [0, 0.05) is 15.5 Å². The van der Waals surface area contributed by atoms with E-state index in [1.807, 2.05) is 12.1 Å². The Bertz CT molecular complexity index is 473. The molecule has 0 unspecified atom stereocenters. The van der Waals surface area contributed by atoms with Gasteiger partial charge in [-0.1, -0.05) is 12.1 Å². The fraction of sp³-hybridized carbons (Fsp3) is 0. The van der Waals surface area contributed by atoms with Crippen molar-refractivity contribution >= 4 is 21.4 Å². The molecule has 2 rings (SSSR count). The molecule has 1 aromatic carbocycles. The summed E-state index contributed by atoms with van der Waals surface area (Å²) in [6.07, 6.45) is 0. The first-order valence-corrected chi connectivity index (χ1v) is 4.36. The minimum atomic E-state index is -0.288. The molecule has 12 heavy (non-hydrogen) atoms. The van der Waals surface area contributed by atoms with Crippen LogP contribution in [0.15, 0.2) is 34.4 Å². The molecule has 0 bridgehead atoms. The molecule has 0 fully saturated rings. The quantitative estimate of drug-likeness (QED) is 0.669. The van der Waals surface area contributed by atoms with Crippen LogP contribution in [-0.4, -0.2) is 5.11 Å². The summed E-state index contributed by atoms with van der Waals surface area (Å²) < 4.78 is 0.903. The average Bonchev–Trinajstić information content (AvgIpc) is 2.12. The van der Waals surface area contributed by atoms with E-state index in [0.717, 1.165) is 4.70 Å². The van der Waals surface area contributed by atoms with E-state index >= 15 is 0 Å². The number of hydrogen-bond acceptors (Lipinski definition) is 3. The van der Waals surface area contributed by atoms with E-state index in [1.54, 1.807) is 12.1 Å². The summed E-state index contributed by atoms with van der Waals surface area (Å²) in [6, 6.07) is 7.24. The minimum Gasteiger partial charge on any atom is -0.504 e. The normalized spacial score (nSPS) is 10.3. The van der Waals surface area contributed by atoms with Crippen molar-refractivity contribution in [3.05, 3.63) is 39.9 Å². The SMILES string of the molecule is O=c1c(O)csc2ccccc12. The van der Waals surface area contributed by atoms with Gasteiger partial charge >= 0.3 is 0 Å². The topological polar surface area (TPSA) is 37.3 Å². The maximum Gasteiger partial charge on any atom is 0.229 e. The first kappa shape index (κ1) is 7.31. The van der Waals surface area contributed by atoms with Crippen LogP contribution in [0.2, 0.25) is 0 Å². The zero-order valence-electron chi connectivity index (χ0n) is 6.15. The third-order valence-corrected chi connectivity index (χ3v) is 2.61. The predicted octanol–water partition coefficient (Wildman–Crippen LogP) is 1.97. The minimum absolute atomic E-state index is 0.168. The van der Waals surface area contributed by atoms with Gasteiger partial charge in [-0.05, 0) is 12.1 Å². The Morgan fingerprint density at radius 3 is 2.83 bits per heavy atom. The molecular weight excluding hydrogens is 172 g/mol. The number of fused-ring (bicyclic) bond motifs is 1. The standard InChI is InChI=1S/C9H6O2S/c10-7-5-12-8-4-2-1-3-6(8)9(7)11/h1-5,10H. The molecule has 1 N–H and O–H groups in total. The second kappa shape index (κ2) is 2.60. The Balaban J connectivity index is 3.01. The molecule has 2 nitrogen and oxygen atoms in total. The monoisotopic (exact) mass is 178 g/mol. The van der Waals surface area contributed by atoms with E-state index in [2.05, 4.69) is 0 Å². The third-order valence-electron chi connectivity index (χ3n) is 1.66. The van der Waals surface area contributed by atoms with Crippen LogP contribution in [-0.2, 0) is 0 Å². The number of hydrogen-bond donors (Lipinski definition) is 1. The molecule has 0 aliphatic rings. The number of rotatable bonds is 0.